The van der Waals surface area contributed by atoms with Crippen molar-refractivity contribution in [1.82, 2.24) is 29.7 Å². The molecule has 0 unspecified atom stereocenters. The van der Waals surface area contributed by atoms with Crippen molar-refractivity contribution >= 4 is 11.8 Å². The second kappa shape index (κ2) is 7.59. The molecule has 4 heterocycles. The number of rotatable bonds is 4. The standard InChI is InChI=1S/C20H20N6O2/c1-14-5-16(9-22-6-14)20(28)25-11-17-10-23-13-26(17)18(12-25)19(27)24-8-15-3-2-4-21-7-15/h2-7,9-10,13,18H,8,11-12H2,1H3,(H,24,27)/t18-/m1/s1. The average Bonchev–Trinajstić information content (AvgIpc) is 3.20. The molecule has 2 amide bonds. The first-order chi connectivity index (χ1) is 13.6. The topological polar surface area (TPSA) is 93.0 Å². The average molecular weight is 376 g/mol. The van der Waals surface area contributed by atoms with Gasteiger partial charge < -0.3 is 14.8 Å². The Labute approximate surface area is 162 Å². The van der Waals surface area contributed by atoms with Crippen LogP contribution in [-0.4, -0.2) is 42.8 Å². The molecular weight excluding hydrogens is 356 g/mol. The molecule has 0 spiro atoms. The van der Waals surface area contributed by atoms with E-state index in [1.807, 2.05) is 23.6 Å². The van der Waals surface area contributed by atoms with Crippen LogP contribution in [0.1, 0.15) is 33.2 Å². The maximum Gasteiger partial charge on any atom is 0.255 e. The molecule has 0 bridgehead atoms. The van der Waals surface area contributed by atoms with Crippen LogP contribution in [0.4, 0.5) is 0 Å². The predicted molar refractivity (Wildman–Crippen MR) is 101 cm³/mol. The molecular formula is C20H20N6O2. The van der Waals surface area contributed by atoms with Gasteiger partial charge in [-0.15, -0.1) is 0 Å². The van der Waals surface area contributed by atoms with Gasteiger partial charge in [0.05, 0.1) is 30.7 Å². The molecule has 0 saturated heterocycles. The van der Waals surface area contributed by atoms with Crippen LogP contribution in [0, 0.1) is 6.92 Å². The number of pyridine rings is 2. The molecule has 1 aliphatic rings. The van der Waals surface area contributed by atoms with Gasteiger partial charge >= 0.3 is 0 Å². The van der Waals surface area contributed by atoms with Gasteiger partial charge in [0.2, 0.25) is 5.91 Å². The van der Waals surface area contributed by atoms with E-state index in [-0.39, 0.29) is 18.4 Å². The van der Waals surface area contributed by atoms with Crippen molar-refractivity contribution in [2.75, 3.05) is 6.54 Å². The molecule has 8 heteroatoms. The normalized spacial score (nSPS) is 15.8. The van der Waals surface area contributed by atoms with Crippen LogP contribution < -0.4 is 5.32 Å². The van der Waals surface area contributed by atoms with E-state index in [0.29, 0.717) is 18.7 Å². The van der Waals surface area contributed by atoms with E-state index in [2.05, 4.69) is 20.3 Å². The Kier molecular flexibility index (Phi) is 4.84. The zero-order valence-electron chi connectivity index (χ0n) is 15.4. The number of fused-ring (bicyclic) bond motifs is 1. The van der Waals surface area contributed by atoms with Crippen molar-refractivity contribution in [3.63, 3.8) is 0 Å². The molecule has 0 aromatic carbocycles. The van der Waals surface area contributed by atoms with Crippen LogP contribution in [0.25, 0.3) is 0 Å². The lowest BCUT2D eigenvalue weighted by Gasteiger charge is -2.33. The lowest BCUT2D eigenvalue weighted by molar-refractivity contribution is -0.125. The highest BCUT2D eigenvalue weighted by molar-refractivity contribution is 5.94. The van der Waals surface area contributed by atoms with E-state index in [0.717, 1.165) is 16.8 Å². The van der Waals surface area contributed by atoms with Crippen LogP contribution >= 0.6 is 0 Å². The highest BCUT2D eigenvalue weighted by atomic mass is 16.2. The van der Waals surface area contributed by atoms with Crippen molar-refractivity contribution in [2.24, 2.45) is 0 Å². The van der Waals surface area contributed by atoms with Crippen molar-refractivity contribution in [3.8, 4) is 0 Å². The summed E-state index contributed by atoms with van der Waals surface area (Å²) in [4.78, 5) is 39.8. The molecule has 1 N–H and O–H groups in total. The monoisotopic (exact) mass is 376 g/mol. The number of nitrogens with one attached hydrogen (secondary N) is 1. The van der Waals surface area contributed by atoms with Gasteiger partial charge in [0.25, 0.3) is 5.91 Å². The number of carbonyl (C=O) groups is 2. The lowest BCUT2D eigenvalue weighted by Crippen LogP contribution is -2.46. The highest BCUT2D eigenvalue weighted by Gasteiger charge is 2.32. The molecule has 142 valence electrons. The highest BCUT2D eigenvalue weighted by Crippen LogP contribution is 2.23. The molecule has 1 atom stereocenters. The summed E-state index contributed by atoms with van der Waals surface area (Å²) < 4.78 is 1.83. The first-order valence-electron chi connectivity index (χ1n) is 9.00. The van der Waals surface area contributed by atoms with Gasteiger partial charge in [-0.3, -0.25) is 19.6 Å². The van der Waals surface area contributed by atoms with Crippen LogP contribution in [0.15, 0.2) is 55.5 Å². The lowest BCUT2D eigenvalue weighted by atomic mass is 10.1. The van der Waals surface area contributed by atoms with Gasteiger partial charge in [0.1, 0.15) is 6.04 Å². The van der Waals surface area contributed by atoms with E-state index in [1.165, 1.54) is 0 Å². The van der Waals surface area contributed by atoms with Gasteiger partial charge in [0.15, 0.2) is 0 Å². The number of amides is 2. The maximum atomic E-state index is 12.9. The number of hydrogen-bond donors (Lipinski definition) is 1. The van der Waals surface area contributed by atoms with Gasteiger partial charge in [-0.2, -0.15) is 0 Å². The number of aryl methyl sites for hydroxylation is 1. The van der Waals surface area contributed by atoms with Crippen LogP contribution in [-0.2, 0) is 17.9 Å². The number of carbonyl (C=O) groups excluding carboxylic acids is 2. The molecule has 4 rings (SSSR count). The molecule has 0 aliphatic carbocycles. The Bertz CT molecular complexity index is 1000. The number of aromatic nitrogens is 4. The summed E-state index contributed by atoms with van der Waals surface area (Å²) in [5.41, 5.74) is 3.17. The third-order valence-electron chi connectivity index (χ3n) is 4.73. The minimum absolute atomic E-state index is 0.145. The maximum absolute atomic E-state index is 12.9. The second-order valence-electron chi connectivity index (χ2n) is 6.82. The molecule has 28 heavy (non-hydrogen) atoms. The first kappa shape index (κ1) is 17.8. The van der Waals surface area contributed by atoms with Crippen molar-refractivity contribution in [2.45, 2.75) is 26.1 Å². The molecule has 3 aromatic heterocycles. The Morgan fingerprint density at radius 3 is 2.86 bits per heavy atom. The van der Waals surface area contributed by atoms with Crippen LogP contribution in [0.2, 0.25) is 0 Å². The third kappa shape index (κ3) is 3.62. The summed E-state index contributed by atoms with van der Waals surface area (Å²) in [6.07, 6.45) is 9.99. The molecule has 8 nitrogen and oxygen atoms in total. The van der Waals surface area contributed by atoms with E-state index < -0.39 is 6.04 Å². The zero-order valence-corrected chi connectivity index (χ0v) is 15.4. The fraction of sp³-hybridized carbons (Fsp3) is 0.250. The zero-order chi connectivity index (χ0) is 19.5. The van der Waals surface area contributed by atoms with Gasteiger partial charge in [-0.1, -0.05) is 6.07 Å². The molecule has 0 fully saturated rings. The SMILES string of the molecule is Cc1cncc(C(=O)N2Cc3cncn3[C@@H](C(=O)NCc3cccnc3)C2)c1. The van der Waals surface area contributed by atoms with E-state index in [4.69, 9.17) is 0 Å². The minimum Gasteiger partial charge on any atom is -0.350 e. The van der Waals surface area contributed by atoms with Crippen LogP contribution in [0.3, 0.4) is 0 Å². The van der Waals surface area contributed by atoms with Gasteiger partial charge in [0, 0.05) is 37.5 Å². The summed E-state index contributed by atoms with van der Waals surface area (Å²) >= 11 is 0. The summed E-state index contributed by atoms with van der Waals surface area (Å²) in [7, 11) is 0. The van der Waals surface area contributed by atoms with Crippen molar-refractivity contribution in [3.05, 3.63) is 77.9 Å². The summed E-state index contributed by atoms with van der Waals surface area (Å²) in [6, 6.07) is 4.99. The number of nitrogens with zero attached hydrogens (tertiary/aromatic N) is 5. The van der Waals surface area contributed by atoms with E-state index in [1.54, 1.807) is 48.3 Å². The fourth-order valence-electron chi connectivity index (χ4n) is 3.32. The summed E-state index contributed by atoms with van der Waals surface area (Å²) in [5, 5.41) is 2.93. The third-order valence-corrected chi connectivity index (χ3v) is 4.73. The Morgan fingerprint density at radius 2 is 2.07 bits per heavy atom. The number of imidazole rings is 1. The molecule has 0 saturated carbocycles. The van der Waals surface area contributed by atoms with Gasteiger partial charge in [-0.05, 0) is 30.2 Å². The minimum atomic E-state index is -0.537. The Hall–Kier alpha value is -3.55. The molecule has 3 aromatic rings. The van der Waals surface area contributed by atoms with Gasteiger partial charge in [-0.25, -0.2) is 4.98 Å². The van der Waals surface area contributed by atoms with Crippen molar-refractivity contribution < 1.29 is 9.59 Å². The first-order valence-corrected chi connectivity index (χ1v) is 9.00. The van der Waals surface area contributed by atoms with Crippen molar-refractivity contribution in [1.29, 1.82) is 0 Å². The molecule has 0 radical (unpaired) electrons. The van der Waals surface area contributed by atoms with E-state index >= 15 is 0 Å². The molecule has 1 aliphatic heterocycles. The van der Waals surface area contributed by atoms with Crippen LogP contribution in [0.5, 0.6) is 0 Å². The predicted octanol–water partition coefficient (Wildman–Crippen LogP) is 1.50. The fourth-order valence-corrected chi connectivity index (χ4v) is 3.32. The Balaban J connectivity index is 1.52. The quantitative estimate of drug-likeness (QED) is 0.745. The summed E-state index contributed by atoms with van der Waals surface area (Å²) in [5.74, 6) is -0.309. The Morgan fingerprint density at radius 1 is 1.18 bits per heavy atom. The second-order valence-corrected chi connectivity index (χ2v) is 6.82. The number of hydrogen-bond acceptors (Lipinski definition) is 5. The van der Waals surface area contributed by atoms with E-state index in [9.17, 15) is 9.59 Å². The smallest absolute Gasteiger partial charge is 0.255 e. The largest absolute Gasteiger partial charge is 0.350 e. The summed E-state index contributed by atoms with van der Waals surface area (Å²) in [6.45, 7) is 2.95.